The van der Waals surface area contributed by atoms with Crippen LogP contribution in [0.5, 0.6) is 11.5 Å². The number of ether oxygens (including phenoxy) is 2. The largest absolute Gasteiger partial charge is 0.573 e. The Kier molecular flexibility index (Phi) is 8.41. The first kappa shape index (κ1) is 27.1. The zero-order valence-electron chi connectivity index (χ0n) is 21.8. The molecule has 1 saturated carbocycles. The fourth-order valence-corrected chi connectivity index (χ4v) is 5.61. The maximum Gasteiger partial charge on any atom is 0.573 e. The molecule has 1 aliphatic carbocycles. The molecule has 1 N–H and O–H groups in total. The Morgan fingerprint density at radius 1 is 0.821 bits per heavy atom. The smallest absolute Gasteiger partial charge is 0.490 e. The molecule has 8 heteroatoms. The van der Waals surface area contributed by atoms with Crippen molar-refractivity contribution in [2.45, 2.75) is 63.5 Å². The van der Waals surface area contributed by atoms with E-state index in [0.29, 0.717) is 22.4 Å². The monoisotopic (exact) mass is 538 g/mol. The summed E-state index contributed by atoms with van der Waals surface area (Å²) in [7, 11) is 0. The van der Waals surface area contributed by atoms with Gasteiger partial charge in [0, 0.05) is 36.4 Å². The molecule has 206 valence electrons. The number of piperidine rings is 1. The highest BCUT2D eigenvalue weighted by atomic mass is 19.4. The highest BCUT2D eigenvalue weighted by Crippen LogP contribution is 2.30. The molecule has 0 spiro atoms. The molecule has 39 heavy (non-hydrogen) atoms. The number of nitrogens with zero attached hydrogens (tertiary/aromatic N) is 1. The van der Waals surface area contributed by atoms with E-state index in [1.54, 1.807) is 24.3 Å². The molecule has 1 amide bonds. The third-order valence-electron chi connectivity index (χ3n) is 7.53. The predicted molar refractivity (Wildman–Crippen MR) is 145 cm³/mol. The number of likely N-dealkylation sites (tertiary alicyclic amines) is 1. The molecule has 0 unspecified atom stereocenters. The zero-order chi connectivity index (χ0) is 27.2. The van der Waals surface area contributed by atoms with Gasteiger partial charge in [0.2, 0.25) is 0 Å². The molecule has 1 saturated heterocycles. The van der Waals surface area contributed by atoms with Crippen LogP contribution >= 0.6 is 0 Å². The molecule has 1 aliphatic heterocycles. The van der Waals surface area contributed by atoms with Crippen LogP contribution in [0.15, 0.2) is 72.8 Å². The number of alkyl halides is 3. The van der Waals surface area contributed by atoms with Gasteiger partial charge in [0.05, 0.1) is 0 Å². The fraction of sp³-hybridized carbons (Fsp3) is 0.387. The van der Waals surface area contributed by atoms with Crippen LogP contribution in [0.25, 0.3) is 11.1 Å². The molecular formula is C31H33F3N2O3. The van der Waals surface area contributed by atoms with Crippen molar-refractivity contribution in [2.24, 2.45) is 0 Å². The van der Waals surface area contributed by atoms with Gasteiger partial charge in [0.15, 0.2) is 0 Å². The van der Waals surface area contributed by atoms with Crippen molar-refractivity contribution in [1.29, 1.82) is 0 Å². The van der Waals surface area contributed by atoms with Crippen LogP contribution in [0.2, 0.25) is 0 Å². The molecule has 5 nitrogen and oxygen atoms in total. The normalized spacial score (nSPS) is 17.5. The lowest BCUT2D eigenvalue weighted by molar-refractivity contribution is -0.274. The van der Waals surface area contributed by atoms with Crippen molar-refractivity contribution in [3.8, 4) is 22.6 Å². The van der Waals surface area contributed by atoms with Crippen LogP contribution < -0.4 is 14.8 Å². The SMILES string of the molecule is O=C(Nc1cccc(OC2CCN(C3CCCCC3)CC2)c1)c1ccccc1-c1ccc(OC(F)(F)F)cc1. The summed E-state index contributed by atoms with van der Waals surface area (Å²) in [5.74, 6) is 0.0845. The van der Waals surface area contributed by atoms with Crippen LogP contribution in [0, 0.1) is 0 Å². The van der Waals surface area contributed by atoms with E-state index < -0.39 is 6.36 Å². The number of hydrogen-bond donors (Lipinski definition) is 1. The van der Waals surface area contributed by atoms with Crippen molar-refractivity contribution in [3.63, 3.8) is 0 Å². The lowest BCUT2D eigenvalue weighted by Crippen LogP contribution is -2.44. The summed E-state index contributed by atoms with van der Waals surface area (Å²) >= 11 is 0. The van der Waals surface area contributed by atoms with E-state index >= 15 is 0 Å². The minimum atomic E-state index is -4.76. The van der Waals surface area contributed by atoms with E-state index in [9.17, 15) is 18.0 Å². The molecule has 2 fully saturated rings. The zero-order valence-corrected chi connectivity index (χ0v) is 21.8. The van der Waals surface area contributed by atoms with Gasteiger partial charge < -0.3 is 19.7 Å². The Bertz CT molecular complexity index is 1250. The van der Waals surface area contributed by atoms with Gasteiger partial charge in [-0.05, 0) is 67.1 Å². The Morgan fingerprint density at radius 3 is 2.26 bits per heavy atom. The molecule has 2 aliphatic rings. The van der Waals surface area contributed by atoms with E-state index in [-0.39, 0.29) is 17.8 Å². The summed E-state index contributed by atoms with van der Waals surface area (Å²) in [5, 5.41) is 2.94. The van der Waals surface area contributed by atoms with Crippen LogP contribution in [-0.2, 0) is 0 Å². The summed E-state index contributed by atoms with van der Waals surface area (Å²) in [6, 6.07) is 20.6. The van der Waals surface area contributed by atoms with Gasteiger partial charge in [-0.1, -0.05) is 55.7 Å². The summed E-state index contributed by atoms with van der Waals surface area (Å²) in [4.78, 5) is 15.8. The van der Waals surface area contributed by atoms with Crippen molar-refractivity contribution >= 4 is 11.6 Å². The molecule has 1 heterocycles. The average Bonchev–Trinajstić information content (AvgIpc) is 2.94. The maximum absolute atomic E-state index is 13.2. The minimum Gasteiger partial charge on any atom is -0.490 e. The minimum absolute atomic E-state index is 0.154. The van der Waals surface area contributed by atoms with Crippen molar-refractivity contribution in [1.82, 2.24) is 4.90 Å². The van der Waals surface area contributed by atoms with Crippen LogP contribution in [0.1, 0.15) is 55.3 Å². The molecule has 3 aromatic carbocycles. The number of halogens is 3. The molecule has 0 atom stereocenters. The second-order valence-electron chi connectivity index (χ2n) is 10.2. The number of benzene rings is 3. The van der Waals surface area contributed by atoms with Crippen LogP contribution in [0.4, 0.5) is 18.9 Å². The van der Waals surface area contributed by atoms with Gasteiger partial charge in [0.25, 0.3) is 5.91 Å². The summed E-state index contributed by atoms with van der Waals surface area (Å²) in [6.07, 6.45) is 4.05. The lowest BCUT2D eigenvalue weighted by Gasteiger charge is -2.39. The number of carbonyl (C=O) groups excluding carboxylic acids is 1. The van der Waals surface area contributed by atoms with E-state index in [0.717, 1.165) is 37.7 Å². The van der Waals surface area contributed by atoms with E-state index in [4.69, 9.17) is 4.74 Å². The second kappa shape index (κ2) is 12.1. The van der Waals surface area contributed by atoms with E-state index in [1.807, 2.05) is 24.3 Å². The van der Waals surface area contributed by atoms with Gasteiger partial charge >= 0.3 is 6.36 Å². The second-order valence-corrected chi connectivity index (χ2v) is 10.2. The number of amides is 1. The third kappa shape index (κ3) is 7.32. The molecular weight excluding hydrogens is 505 g/mol. The number of anilines is 1. The highest BCUT2D eigenvalue weighted by molar-refractivity contribution is 6.08. The van der Waals surface area contributed by atoms with Gasteiger partial charge in [0.1, 0.15) is 17.6 Å². The highest BCUT2D eigenvalue weighted by Gasteiger charge is 2.31. The van der Waals surface area contributed by atoms with Gasteiger partial charge in [-0.2, -0.15) is 0 Å². The Morgan fingerprint density at radius 2 is 1.54 bits per heavy atom. The first-order chi connectivity index (χ1) is 18.8. The van der Waals surface area contributed by atoms with Crippen LogP contribution in [-0.4, -0.2) is 42.4 Å². The topological polar surface area (TPSA) is 50.8 Å². The Labute approximate surface area is 226 Å². The quantitative estimate of drug-likeness (QED) is 0.335. The van der Waals surface area contributed by atoms with Crippen molar-refractivity contribution < 1.29 is 27.4 Å². The van der Waals surface area contributed by atoms with E-state index in [1.165, 1.54) is 56.4 Å². The van der Waals surface area contributed by atoms with Gasteiger partial charge in [-0.15, -0.1) is 13.2 Å². The Balaban J connectivity index is 1.21. The van der Waals surface area contributed by atoms with Gasteiger partial charge in [-0.3, -0.25) is 4.79 Å². The predicted octanol–water partition coefficient (Wildman–Crippen LogP) is 7.68. The summed E-state index contributed by atoms with van der Waals surface area (Å²) in [5.41, 5.74) is 2.22. The first-order valence-corrected chi connectivity index (χ1v) is 13.6. The van der Waals surface area contributed by atoms with Crippen LogP contribution in [0.3, 0.4) is 0 Å². The molecule has 5 rings (SSSR count). The standard InChI is InChI=1S/C31H33F3N2O3/c32-31(33,34)39-26-15-13-22(14-16-26)28-11-4-5-12-29(28)30(37)35-23-7-6-10-27(21-23)38-25-17-19-36(20-18-25)24-8-2-1-3-9-24/h4-7,10-16,21,24-25H,1-3,8-9,17-20H2,(H,35,37). The molecule has 3 aromatic rings. The number of hydrogen-bond acceptors (Lipinski definition) is 4. The van der Waals surface area contributed by atoms with Crippen molar-refractivity contribution in [2.75, 3.05) is 18.4 Å². The molecule has 0 bridgehead atoms. The third-order valence-corrected chi connectivity index (χ3v) is 7.53. The average molecular weight is 539 g/mol. The fourth-order valence-electron chi connectivity index (χ4n) is 5.61. The number of rotatable bonds is 7. The number of carbonyl (C=O) groups is 1. The summed E-state index contributed by atoms with van der Waals surface area (Å²) < 4.78 is 47.7. The summed E-state index contributed by atoms with van der Waals surface area (Å²) in [6.45, 7) is 2.12. The molecule has 0 radical (unpaired) electrons. The van der Waals surface area contributed by atoms with E-state index in [2.05, 4.69) is 15.0 Å². The number of nitrogens with one attached hydrogen (secondary N) is 1. The molecule has 0 aromatic heterocycles. The van der Waals surface area contributed by atoms with Crippen molar-refractivity contribution in [3.05, 3.63) is 78.4 Å². The van der Waals surface area contributed by atoms with Gasteiger partial charge in [-0.25, -0.2) is 0 Å². The Hall–Kier alpha value is -3.52. The first-order valence-electron chi connectivity index (χ1n) is 13.6. The maximum atomic E-state index is 13.2. The lowest BCUT2D eigenvalue weighted by atomic mass is 9.92.